The summed E-state index contributed by atoms with van der Waals surface area (Å²) in [4.78, 5) is 8.25. The summed E-state index contributed by atoms with van der Waals surface area (Å²) >= 11 is 3.43. The molecule has 0 radical (unpaired) electrons. The van der Waals surface area contributed by atoms with Crippen LogP contribution in [0.4, 0.5) is 5.69 Å². The van der Waals surface area contributed by atoms with Gasteiger partial charge in [0.05, 0.1) is 18.2 Å². The molecule has 0 aliphatic heterocycles. The third-order valence-corrected chi connectivity index (χ3v) is 3.69. The van der Waals surface area contributed by atoms with Crippen molar-refractivity contribution in [3.05, 3.63) is 71.5 Å². The first-order valence-corrected chi connectivity index (χ1v) is 7.47. The van der Waals surface area contributed by atoms with Gasteiger partial charge in [0.25, 0.3) is 0 Å². The Bertz CT molecular complexity index is 725. The Morgan fingerprint density at radius 3 is 2.86 bits per heavy atom. The Labute approximate surface area is 132 Å². The van der Waals surface area contributed by atoms with Crippen molar-refractivity contribution in [3.8, 4) is 5.69 Å². The summed E-state index contributed by atoms with van der Waals surface area (Å²) in [6.07, 6.45) is 9.11. The van der Waals surface area contributed by atoms with Gasteiger partial charge >= 0.3 is 0 Å². The van der Waals surface area contributed by atoms with Gasteiger partial charge in [0, 0.05) is 34.8 Å². The molecule has 3 aromatic rings. The van der Waals surface area contributed by atoms with E-state index in [1.54, 1.807) is 18.7 Å². The summed E-state index contributed by atoms with van der Waals surface area (Å²) in [5.74, 6) is 0. The van der Waals surface area contributed by atoms with Crippen molar-refractivity contribution in [2.45, 2.75) is 13.0 Å². The Hall–Kier alpha value is -2.14. The van der Waals surface area contributed by atoms with Crippen LogP contribution >= 0.6 is 15.9 Å². The topological polar surface area (TPSA) is 42.7 Å². The van der Waals surface area contributed by atoms with Crippen LogP contribution < -0.4 is 5.32 Å². The standard InChI is InChI=1S/C16H15BrN4/c1-12(20-15-8-14(17)9-19-10-15)13-3-2-4-16(7-13)21-6-5-18-11-21/h2-12,20H,1H3. The van der Waals surface area contributed by atoms with E-state index in [-0.39, 0.29) is 6.04 Å². The summed E-state index contributed by atoms with van der Waals surface area (Å²) in [5.41, 5.74) is 3.30. The SMILES string of the molecule is CC(Nc1cncc(Br)c1)c1cccc(-n2ccnc2)c1. The zero-order chi connectivity index (χ0) is 14.7. The van der Waals surface area contributed by atoms with Crippen molar-refractivity contribution in [3.63, 3.8) is 0 Å². The molecular weight excluding hydrogens is 328 g/mol. The molecule has 0 saturated carbocycles. The minimum Gasteiger partial charge on any atom is -0.377 e. The Morgan fingerprint density at radius 1 is 1.19 bits per heavy atom. The van der Waals surface area contributed by atoms with Gasteiger partial charge in [-0.05, 0) is 46.6 Å². The number of nitrogens with one attached hydrogen (secondary N) is 1. The van der Waals surface area contributed by atoms with Gasteiger partial charge in [0.1, 0.15) is 0 Å². The Kier molecular flexibility index (Phi) is 4.01. The van der Waals surface area contributed by atoms with Gasteiger partial charge in [0.15, 0.2) is 0 Å². The monoisotopic (exact) mass is 342 g/mol. The molecule has 4 nitrogen and oxygen atoms in total. The van der Waals surface area contributed by atoms with E-state index in [4.69, 9.17) is 0 Å². The van der Waals surface area contributed by atoms with Crippen molar-refractivity contribution in [2.75, 3.05) is 5.32 Å². The number of hydrogen-bond donors (Lipinski definition) is 1. The van der Waals surface area contributed by atoms with Crippen molar-refractivity contribution in [1.82, 2.24) is 14.5 Å². The minimum absolute atomic E-state index is 0.185. The molecule has 21 heavy (non-hydrogen) atoms. The van der Waals surface area contributed by atoms with Gasteiger partial charge in [-0.2, -0.15) is 0 Å². The van der Waals surface area contributed by atoms with Crippen LogP contribution in [-0.2, 0) is 0 Å². The number of rotatable bonds is 4. The second-order valence-corrected chi connectivity index (χ2v) is 5.74. The first kappa shape index (κ1) is 13.8. The number of benzene rings is 1. The van der Waals surface area contributed by atoms with Crippen LogP contribution in [0.25, 0.3) is 5.69 Å². The molecule has 0 bridgehead atoms. The maximum Gasteiger partial charge on any atom is 0.0991 e. The maximum absolute atomic E-state index is 4.17. The lowest BCUT2D eigenvalue weighted by molar-refractivity contribution is 0.878. The van der Waals surface area contributed by atoms with Crippen molar-refractivity contribution in [1.29, 1.82) is 0 Å². The van der Waals surface area contributed by atoms with E-state index in [0.717, 1.165) is 15.8 Å². The molecule has 1 atom stereocenters. The maximum atomic E-state index is 4.17. The van der Waals surface area contributed by atoms with Gasteiger partial charge in [-0.15, -0.1) is 0 Å². The largest absolute Gasteiger partial charge is 0.377 e. The zero-order valence-electron chi connectivity index (χ0n) is 11.6. The molecule has 2 heterocycles. The van der Waals surface area contributed by atoms with Gasteiger partial charge in [-0.3, -0.25) is 4.98 Å². The fourth-order valence-electron chi connectivity index (χ4n) is 2.19. The highest BCUT2D eigenvalue weighted by atomic mass is 79.9. The van der Waals surface area contributed by atoms with Crippen LogP contribution in [0.5, 0.6) is 0 Å². The molecule has 0 aliphatic carbocycles. The zero-order valence-corrected chi connectivity index (χ0v) is 13.2. The van der Waals surface area contributed by atoms with E-state index in [1.807, 2.05) is 23.0 Å². The lowest BCUT2D eigenvalue weighted by Crippen LogP contribution is -2.07. The average molecular weight is 343 g/mol. The second kappa shape index (κ2) is 6.10. The fourth-order valence-corrected chi connectivity index (χ4v) is 2.56. The van der Waals surface area contributed by atoms with Crippen molar-refractivity contribution in [2.24, 2.45) is 0 Å². The molecule has 0 amide bonds. The molecule has 1 unspecified atom stereocenters. The normalized spacial score (nSPS) is 12.1. The summed E-state index contributed by atoms with van der Waals surface area (Å²) in [5, 5.41) is 3.45. The number of anilines is 1. The second-order valence-electron chi connectivity index (χ2n) is 4.82. The number of hydrogen-bond acceptors (Lipinski definition) is 3. The summed E-state index contributed by atoms with van der Waals surface area (Å²) in [6.45, 7) is 2.13. The van der Waals surface area contributed by atoms with Gasteiger partial charge < -0.3 is 9.88 Å². The van der Waals surface area contributed by atoms with Crippen LogP contribution in [-0.4, -0.2) is 14.5 Å². The molecule has 3 rings (SSSR count). The highest BCUT2D eigenvalue weighted by molar-refractivity contribution is 9.10. The van der Waals surface area contributed by atoms with E-state index < -0.39 is 0 Å². The Balaban J connectivity index is 1.81. The molecule has 0 spiro atoms. The Morgan fingerprint density at radius 2 is 2.10 bits per heavy atom. The molecular formula is C16H15BrN4. The van der Waals surface area contributed by atoms with E-state index in [2.05, 4.69) is 62.4 Å². The van der Waals surface area contributed by atoms with Crippen molar-refractivity contribution < 1.29 is 0 Å². The third-order valence-electron chi connectivity index (χ3n) is 3.26. The predicted octanol–water partition coefficient (Wildman–Crippen LogP) is 4.20. The molecule has 2 aromatic heterocycles. The summed E-state index contributed by atoms with van der Waals surface area (Å²) in [6, 6.07) is 10.6. The lowest BCUT2D eigenvalue weighted by Gasteiger charge is -2.16. The highest BCUT2D eigenvalue weighted by Gasteiger charge is 2.07. The fraction of sp³-hybridized carbons (Fsp3) is 0.125. The minimum atomic E-state index is 0.185. The van der Waals surface area contributed by atoms with E-state index in [1.165, 1.54) is 5.56 Å². The smallest absolute Gasteiger partial charge is 0.0991 e. The quantitative estimate of drug-likeness (QED) is 0.772. The summed E-state index contributed by atoms with van der Waals surface area (Å²) < 4.78 is 2.96. The number of halogens is 1. The molecule has 0 fully saturated rings. The first-order chi connectivity index (χ1) is 10.2. The molecule has 0 aliphatic rings. The van der Waals surface area contributed by atoms with Gasteiger partial charge in [-0.1, -0.05) is 12.1 Å². The van der Waals surface area contributed by atoms with Gasteiger partial charge in [-0.25, -0.2) is 4.98 Å². The molecule has 106 valence electrons. The molecule has 1 aromatic carbocycles. The third kappa shape index (κ3) is 3.31. The summed E-state index contributed by atoms with van der Waals surface area (Å²) in [7, 11) is 0. The molecule has 1 N–H and O–H groups in total. The number of nitrogens with zero attached hydrogens (tertiary/aromatic N) is 3. The number of pyridine rings is 1. The average Bonchev–Trinajstić information content (AvgIpc) is 3.02. The predicted molar refractivity (Wildman–Crippen MR) is 87.5 cm³/mol. The molecule has 5 heteroatoms. The van der Waals surface area contributed by atoms with E-state index in [9.17, 15) is 0 Å². The van der Waals surface area contributed by atoms with E-state index in [0.29, 0.717) is 0 Å². The van der Waals surface area contributed by atoms with Crippen LogP contribution in [0.3, 0.4) is 0 Å². The van der Waals surface area contributed by atoms with Crippen LogP contribution in [0, 0.1) is 0 Å². The lowest BCUT2D eigenvalue weighted by atomic mass is 10.1. The van der Waals surface area contributed by atoms with Crippen LogP contribution in [0.2, 0.25) is 0 Å². The van der Waals surface area contributed by atoms with E-state index >= 15 is 0 Å². The number of aromatic nitrogens is 3. The molecule has 0 saturated heterocycles. The van der Waals surface area contributed by atoms with Crippen LogP contribution in [0.1, 0.15) is 18.5 Å². The number of imidazole rings is 1. The van der Waals surface area contributed by atoms with Crippen molar-refractivity contribution >= 4 is 21.6 Å². The van der Waals surface area contributed by atoms with Gasteiger partial charge in [0.2, 0.25) is 0 Å². The highest BCUT2D eigenvalue weighted by Crippen LogP contribution is 2.22. The van der Waals surface area contributed by atoms with Crippen LogP contribution in [0.15, 0.2) is 65.9 Å². The first-order valence-electron chi connectivity index (χ1n) is 6.68.